The second-order valence-corrected chi connectivity index (χ2v) is 6.71. The standard InChI is InChI=1S/C21H27F3N4O.HI/c1-4-25-21(26-9-10-29-20-8-6-17(22)12-19(20)24)27-13-15-5-7-18(23)16(11-15)14-28(2)3;/h5-8,11-12H,4,9-10,13-14H2,1-3H3,(H2,25,26,27);1H. The molecule has 0 aliphatic rings. The molecule has 2 aromatic carbocycles. The summed E-state index contributed by atoms with van der Waals surface area (Å²) in [5.41, 5.74) is 1.51. The largest absolute Gasteiger partial charge is 0.489 e. The molecule has 0 saturated carbocycles. The lowest BCUT2D eigenvalue weighted by Gasteiger charge is -2.13. The van der Waals surface area contributed by atoms with E-state index in [-0.39, 0.29) is 42.2 Å². The number of hydrogen-bond donors (Lipinski definition) is 2. The second kappa shape index (κ2) is 13.3. The number of hydrogen-bond acceptors (Lipinski definition) is 3. The molecule has 0 heterocycles. The van der Waals surface area contributed by atoms with Gasteiger partial charge in [-0.3, -0.25) is 0 Å². The van der Waals surface area contributed by atoms with Gasteiger partial charge >= 0.3 is 0 Å². The third-order valence-corrected chi connectivity index (χ3v) is 3.91. The number of nitrogens with zero attached hydrogens (tertiary/aromatic N) is 2. The normalized spacial score (nSPS) is 11.2. The summed E-state index contributed by atoms with van der Waals surface area (Å²) in [7, 11) is 3.77. The molecule has 0 unspecified atom stereocenters. The first-order chi connectivity index (χ1) is 13.9. The zero-order valence-electron chi connectivity index (χ0n) is 17.3. The molecule has 0 spiro atoms. The van der Waals surface area contributed by atoms with Crippen LogP contribution in [0.2, 0.25) is 0 Å². The van der Waals surface area contributed by atoms with Crippen molar-refractivity contribution in [1.82, 2.24) is 15.5 Å². The minimum Gasteiger partial charge on any atom is -0.489 e. The molecule has 2 rings (SSSR count). The predicted octanol–water partition coefficient (Wildman–Crippen LogP) is 3.92. The van der Waals surface area contributed by atoms with Gasteiger partial charge in [0.2, 0.25) is 0 Å². The lowest BCUT2D eigenvalue weighted by Crippen LogP contribution is -2.39. The second-order valence-electron chi connectivity index (χ2n) is 6.71. The van der Waals surface area contributed by atoms with E-state index < -0.39 is 11.6 Å². The predicted molar refractivity (Wildman–Crippen MR) is 124 cm³/mol. The van der Waals surface area contributed by atoms with Crippen molar-refractivity contribution < 1.29 is 17.9 Å². The molecule has 0 aliphatic heterocycles. The first-order valence-corrected chi connectivity index (χ1v) is 9.41. The van der Waals surface area contributed by atoms with Crippen LogP contribution in [0.25, 0.3) is 0 Å². The molecule has 0 fully saturated rings. The lowest BCUT2D eigenvalue weighted by molar-refractivity contribution is 0.304. The fourth-order valence-corrected chi connectivity index (χ4v) is 2.62. The van der Waals surface area contributed by atoms with Gasteiger partial charge in [0.15, 0.2) is 17.5 Å². The first-order valence-electron chi connectivity index (χ1n) is 9.41. The fourth-order valence-electron chi connectivity index (χ4n) is 2.62. The summed E-state index contributed by atoms with van der Waals surface area (Å²) in [6, 6.07) is 8.15. The molecule has 30 heavy (non-hydrogen) atoms. The van der Waals surface area contributed by atoms with E-state index in [1.807, 2.05) is 32.0 Å². The van der Waals surface area contributed by atoms with E-state index in [9.17, 15) is 13.2 Å². The quantitative estimate of drug-likeness (QED) is 0.221. The smallest absolute Gasteiger partial charge is 0.191 e. The van der Waals surface area contributed by atoms with Gasteiger partial charge in [0, 0.05) is 24.7 Å². The molecule has 0 radical (unpaired) electrons. The minimum atomic E-state index is -0.740. The molecule has 0 amide bonds. The van der Waals surface area contributed by atoms with E-state index in [0.717, 1.165) is 17.7 Å². The summed E-state index contributed by atoms with van der Waals surface area (Å²) in [6.07, 6.45) is 0. The molecule has 0 bridgehead atoms. The Bertz CT molecular complexity index is 834. The Morgan fingerprint density at radius 2 is 1.80 bits per heavy atom. The van der Waals surface area contributed by atoms with Crippen molar-refractivity contribution >= 4 is 29.9 Å². The Morgan fingerprint density at radius 3 is 2.47 bits per heavy atom. The monoisotopic (exact) mass is 536 g/mol. The van der Waals surface area contributed by atoms with Gasteiger partial charge < -0.3 is 20.3 Å². The van der Waals surface area contributed by atoms with Crippen molar-refractivity contribution in [2.45, 2.75) is 20.0 Å². The van der Waals surface area contributed by atoms with Crippen LogP contribution in [0.1, 0.15) is 18.1 Å². The van der Waals surface area contributed by atoms with Crippen LogP contribution in [0.3, 0.4) is 0 Å². The first kappa shape index (κ1) is 26.0. The highest BCUT2D eigenvalue weighted by Crippen LogP contribution is 2.17. The number of rotatable bonds is 9. The maximum absolute atomic E-state index is 13.9. The van der Waals surface area contributed by atoms with Crippen LogP contribution in [-0.4, -0.2) is 44.7 Å². The molecule has 0 aliphatic carbocycles. The molecule has 5 nitrogen and oxygen atoms in total. The Kier molecular flexibility index (Phi) is 11.6. The van der Waals surface area contributed by atoms with E-state index in [0.29, 0.717) is 37.7 Å². The molecular weight excluding hydrogens is 508 g/mol. The molecule has 166 valence electrons. The molecular formula is C21H28F3IN4O. The maximum Gasteiger partial charge on any atom is 0.191 e. The van der Waals surface area contributed by atoms with Crippen LogP contribution in [0, 0.1) is 17.5 Å². The molecule has 2 aromatic rings. The van der Waals surface area contributed by atoms with Gasteiger partial charge in [-0.15, -0.1) is 24.0 Å². The average molecular weight is 536 g/mol. The minimum absolute atomic E-state index is 0. The Labute approximate surface area is 192 Å². The Hall–Kier alpha value is -2.01. The van der Waals surface area contributed by atoms with Crippen LogP contribution < -0.4 is 15.4 Å². The number of nitrogens with one attached hydrogen (secondary N) is 2. The van der Waals surface area contributed by atoms with Crippen molar-refractivity contribution in [3.05, 3.63) is 65.0 Å². The lowest BCUT2D eigenvalue weighted by atomic mass is 10.1. The number of guanidine groups is 1. The van der Waals surface area contributed by atoms with Crippen molar-refractivity contribution in [3.8, 4) is 5.75 Å². The molecule has 0 aromatic heterocycles. The van der Waals surface area contributed by atoms with Gasteiger partial charge in [-0.25, -0.2) is 18.2 Å². The van der Waals surface area contributed by atoms with Crippen molar-refractivity contribution in [2.24, 2.45) is 4.99 Å². The van der Waals surface area contributed by atoms with E-state index in [1.54, 1.807) is 6.07 Å². The zero-order valence-corrected chi connectivity index (χ0v) is 19.7. The summed E-state index contributed by atoms with van der Waals surface area (Å²) in [6.45, 7) is 4.04. The highest BCUT2D eigenvalue weighted by atomic mass is 127. The summed E-state index contributed by atoms with van der Waals surface area (Å²) in [5, 5.41) is 6.19. The molecule has 0 atom stereocenters. The van der Waals surface area contributed by atoms with E-state index >= 15 is 0 Å². The highest BCUT2D eigenvalue weighted by Gasteiger charge is 2.06. The number of ether oxygens (including phenoxy) is 1. The van der Waals surface area contributed by atoms with Gasteiger partial charge in [-0.05, 0) is 50.8 Å². The molecule has 2 N–H and O–H groups in total. The topological polar surface area (TPSA) is 48.9 Å². The zero-order chi connectivity index (χ0) is 21.2. The number of benzene rings is 2. The van der Waals surface area contributed by atoms with Crippen LogP contribution in [-0.2, 0) is 13.1 Å². The number of halogens is 4. The van der Waals surface area contributed by atoms with Crippen molar-refractivity contribution in [3.63, 3.8) is 0 Å². The summed E-state index contributed by atoms with van der Waals surface area (Å²) >= 11 is 0. The summed E-state index contributed by atoms with van der Waals surface area (Å²) in [5.74, 6) is -1.06. The van der Waals surface area contributed by atoms with Crippen LogP contribution in [0.4, 0.5) is 13.2 Å². The van der Waals surface area contributed by atoms with E-state index in [1.165, 1.54) is 12.1 Å². The highest BCUT2D eigenvalue weighted by molar-refractivity contribution is 14.0. The van der Waals surface area contributed by atoms with Crippen molar-refractivity contribution in [2.75, 3.05) is 33.8 Å². The van der Waals surface area contributed by atoms with E-state index in [2.05, 4.69) is 15.6 Å². The third kappa shape index (κ3) is 8.78. The molecule has 9 heteroatoms. The summed E-state index contributed by atoms with van der Waals surface area (Å²) in [4.78, 5) is 6.39. The van der Waals surface area contributed by atoms with Gasteiger partial charge in [0.05, 0.1) is 13.1 Å². The summed E-state index contributed by atoms with van der Waals surface area (Å²) < 4.78 is 45.7. The van der Waals surface area contributed by atoms with Crippen LogP contribution in [0.15, 0.2) is 41.4 Å². The average Bonchev–Trinajstić information content (AvgIpc) is 2.66. The Balaban J connectivity index is 0.00000450. The fraction of sp³-hybridized carbons (Fsp3) is 0.381. The van der Waals surface area contributed by atoms with E-state index in [4.69, 9.17) is 4.74 Å². The van der Waals surface area contributed by atoms with Crippen LogP contribution >= 0.6 is 24.0 Å². The van der Waals surface area contributed by atoms with Crippen LogP contribution in [0.5, 0.6) is 5.75 Å². The Morgan fingerprint density at radius 1 is 1.03 bits per heavy atom. The number of aliphatic imine (C=N–C) groups is 1. The SMILES string of the molecule is CCNC(=NCc1ccc(F)c(CN(C)C)c1)NCCOc1ccc(F)cc1F.I. The van der Waals surface area contributed by atoms with Gasteiger partial charge in [0.25, 0.3) is 0 Å². The van der Waals surface area contributed by atoms with Gasteiger partial charge in [-0.2, -0.15) is 0 Å². The third-order valence-electron chi connectivity index (χ3n) is 3.91. The van der Waals surface area contributed by atoms with Gasteiger partial charge in [-0.1, -0.05) is 6.07 Å². The van der Waals surface area contributed by atoms with Gasteiger partial charge in [0.1, 0.15) is 18.2 Å². The van der Waals surface area contributed by atoms with Crippen molar-refractivity contribution in [1.29, 1.82) is 0 Å². The molecule has 0 saturated heterocycles. The maximum atomic E-state index is 13.9.